The summed E-state index contributed by atoms with van der Waals surface area (Å²) in [4.78, 5) is 2.00. The molecule has 0 unspecified atom stereocenters. The number of nitrogens with one attached hydrogen (secondary N) is 1. The zero-order valence-corrected chi connectivity index (χ0v) is 10.7. The van der Waals surface area contributed by atoms with Gasteiger partial charge in [0.25, 0.3) is 0 Å². The van der Waals surface area contributed by atoms with E-state index < -0.39 is 0 Å². The van der Waals surface area contributed by atoms with Crippen LogP contribution >= 0.6 is 11.6 Å². The van der Waals surface area contributed by atoms with Crippen molar-refractivity contribution in [1.82, 2.24) is 0 Å². The van der Waals surface area contributed by atoms with Crippen LogP contribution in [0.1, 0.15) is 5.56 Å². The SMILES string of the molecule is CN(C)c1c(Cl)cccc1NCc1ccoc1. The topological polar surface area (TPSA) is 28.4 Å². The van der Waals surface area contributed by atoms with Crippen LogP contribution in [0.5, 0.6) is 0 Å². The number of rotatable bonds is 4. The largest absolute Gasteiger partial charge is 0.472 e. The predicted molar refractivity (Wildman–Crippen MR) is 71.8 cm³/mol. The maximum Gasteiger partial charge on any atom is 0.0952 e. The summed E-state index contributed by atoms with van der Waals surface area (Å²) in [7, 11) is 3.95. The molecule has 0 saturated heterocycles. The molecular formula is C13H15ClN2O. The van der Waals surface area contributed by atoms with Crippen molar-refractivity contribution < 1.29 is 4.42 Å². The molecule has 1 aromatic heterocycles. The molecule has 0 aliphatic heterocycles. The number of hydrogen-bond donors (Lipinski definition) is 1. The lowest BCUT2D eigenvalue weighted by Crippen LogP contribution is -2.12. The van der Waals surface area contributed by atoms with Gasteiger partial charge in [0.1, 0.15) is 0 Å². The normalized spacial score (nSPS) is 10.3. The fourth-order valence-electron chi connectivity index (χ4n) is 1.70. The van der Waals surface area contributed by atoms with Gasteiger partial charge in [-0.05, 0) is 18.2 Å². The van der Waals surface area contributed by atoms with Crippen molar-refractivity contribution >= 4 is 23.0 Å². The first-order valence-corrected chi connectivity index (χ1v) is 5.77. The monoisotopic (exact) mass is 250 g/mol. The molecule has 0 aliphatic carbocycles. The molecule has 2 rings (SSSR count). The van der Waals surface area contributed by atoms with Crippen molar-refractivity contribution in [2.75, 3.05) is 24.3 Å². The van der Waals surface area contributed by atoms with Gasteiger partial charge in [-0.1, -0.05) is 17.7 Å². The zero-order chi connectivity index (χ0) is 12.3. The van der Waals surface area contributed by atoms with E-state index in [1.165, 1.54) is 0 Å². The fourth-order valence-corrected chi connectivity index (χ4v) is 2.05. The van der Waals surface area contributed by atoms with Gasteiger partial charge in [0.05, 0.1) is 28.9 Å². The molecule has 4 heteroatoms. The molecule has 17 heavy (non-hydrogen) atoms. The van der Waals surface area contributed by atoms with Crippen molar-refractivity contribution in [2.24, 2.45) is 0 Å². The molecule has 2 aromatic rings. The van der Waals surface area contributed by atoms with E-state index in [2.05, 4.69) is 5.32 Å². The second-order valence-electron chi connectivity index (χ2n) is 4.02. The molecule has 0 fully saturated rings. The summed E-state index contributed by atoms with van der Waals surface area (Å²) in [5.74, 6) is 0. The van der Waals surface area contributed by atoms with Gasteiger partial charge < -0.3 is 14.6 Å². The molecule has 0 amide bonds. The average molecular weight is 251 g/mol. The minimum Gasteiger partial charge on any atom is -0.472 e. The van der Waals surface area contributed by atoms with E-state index >= 15 is 0 Å². The molecule has 1 N–H and O–H groups in total. The number of furan rings is 1. The van der Waals surface area contributed by atoms with Crippen LogP contribution in [0, 0.1) is 0 Å². The van der Waals surface area contributed by atoms with Crippen LogP contribution in [0.25, 0.3) is 0 Å². The van der Waals surface area contributed by atoms with Gasteiger partial charge in [0.15, 0.2) is 0 Å². The number of hydrogen-bond acceptors (Lipinski definition) is 3. The molecule has 0 radical (unpaired) electrons. The van der Waals surface area contributed by atoms with Crippen LogP contribution < -0.4 is 10.2 Å². The van der Waals surface area contributed by atoms with E-state index in [9.17, 15) is 0 Å². The third-order valence-electron chi connectivity index (χ3n) is 2.50. The van der Waals surface area contributed by atoms with Gasteiger partial charge >= 0.3 is 0 Å². The van der Waals surface area contributed by atoms with E-state index in [4.69, 9.17) is 16.0 Å². The Hall–Kier alpha value is -1.61. The molecular weight excluding hydrogens is 236 g/mol. The van der Waals surface area contributed by atoms with Crippen LogP contribution in [0.2, 0.25) is 5.02 Å². The van der Waals surface area contributed by atoms with Gasteiger partial charge in [0.2, 0.25) is 0 Å². The second kappa shape index (κ2) is 5.15. The Kier molecular flexibility index (Phi) is 3.59. The Labute approximate surface area is 106 Å². The molecule has 0 spiro atoms. The Balaban J connectivity index is 2.18. The maximum atomic E-state index is 6.18. The third kappa shape index (κ3) is 2.74. The van der Waals surface area contributed by atoms with Crippen LogP contribution in [0.3, 0.4) is 0 Å². The first-order chi connectivity index (χ1) is 8.18. The average Bonchev–Trinajstić information content (AvgIpc) is 2.78. The number of para-hydroxylation sites is 1. The Morgan fingerprint density at radius 2 is 2.12 bits per heavy atom. The first-order valence-electron chi connectivity index (χ1n) is 5.39. The van der Waals surface area contributed by atoms with E-state index in [1.54, 1.807) is 12.5 Å². The highest BCUT2D eigenvalue weighted by atomic mass is 35.5. The number of benzene rings is 1. The fraction of sp³-hybridized carbons (Fsp3) is 0.231. The van der Waals surface area contributed by atoms with Gasteiger partial charge in [0, 0.05) is 26.2 Å². The van der Waals surface area contributed by atoms with Crippen molar-refractivity contribution in [2.45, 2.75) is 6.54 Å². The van der Waals surface area contributed by atoms with Gasteiger partial charge in [-0.15, -0.1) is 0 Å². The molecule has 1 heterocycles. The lowest BCUT2D eigenvalue weighted by molar-refractivity contribution is 0.564. The second-order valence-corrected chi connectivity index (χ2v) is 4.42. The lowest BCUT2D eigenvalue weighted by atomic mass is 10.2. The van der Waals surface area contributed by atoms with E-state index in [0.717, 1.165) is 28.5 Å². The first kappa shape index (κ1) is 11.9. The molecule has 1 aromatic carbocycles. The standard InChI is InChI=1S/C13H15ClN2O/c1-16(2)13-11(14)4-3-5-12(13)15-8-10-6-7-17-9-10/h3-7,9,15H,8H2,1-2H3. The zero-order valence-electron chi connectivity index (χ0n) is 9.90. The van der Waals surface area contributed by atoms with Crippen LogP contribution in [-0.2, 0) is 6.54 Å². The summed E-state index contributed by atoms with van der Waals surface area (Å²) in [5.41, 5.74) is 3.12. The maximum absolute atomic E-state index is 6.18. The van der Waals surface area contributed by atoms with Crippen LogP contribution in [0.15, 0.2) is 41.2 Å². The van der Waals surface area contributed by atoms with Gasteiger partial charge in [-0.3, -0.25) is 0 Å². The molecule has 3 nitrogen and oxygen atoms in total. The van der Waals surface area contributed by atoms with Crippen molar-refractivity contribution in [3.8, 4) is 0 Å². The highest BCUT2D eigenvalue weighted by Gasteiger charge is 2.08. The highest BCUT2D eigenvalue weighted by Crippen LogP contribution is 2.32. The Morgan fingerprint density at radius 3 is 2.76 bits per heavy atom. The van der Waals surface area contributed by atoms with E-state index in [-0.39, 0.29) is 0 Å². The summed E-state index contributed by atoms with van der Waals surface area (Å²) in [6.45, 7) is 0.720. The third-order valence-corrected chi connectivity index (χ3v) is 2.80. The highest BCUT2D eigenvalue weighted by molar-refractivity contribution is 6.34. The molecule has 0 saturated carbocycles. The lowest BCUT2D eigenvalue weighted by Gasteiger charge is -2.19. The van der Waals surface area contributed by atoms with E-state index in [0.29, 0.717) is 0 Å². The number of halogens is 1. The molecule has 0 aliphatic rings. The van der Waals surface area contributed by atoms with Crippen LogP contribution in [-0.4, -0.2) is 14.1 Å². The molecule has 0 bridgehead atoms. The van der Waals surface area contributed by atoms with Crippen molar-refractivity contribution in [1.29, 1.82) is 0 Å². The smallest absolute Gasteiger partial charge is 0.0952 e. The number of nitrogens with zero attached hydrogens (tertiary/aromatic N) is 1. The summed E-state index contributed by atoms with van der Waals surface area (Å²) in [5, 5.41) is 4.09. The quantitative estimate of drug-likeness (QED) is 0.899. The molecule has 90 valence electrons. The van der Waals surface area contributed by atoms with Gasteiger partial charge in [-0.25, -0.2) is 0 Å². The molecule has 0 atom stereocenters. The van der Waals surface area contributed by atoms with E-state index in [1.807, 2.05) is 43.3 Å². The van der Waals surface area contributed by atoms with Crippen molar-refractivity contribution in [3.05, 3.63) is 47.4 Å². The summed E-state index contributed by atoms with van der Waals surface area (Å²) < 4.78 is 5.03. The minimum atomic E-state index is 0.720. The summed E-state index contributed by atoms with van der Waals surface area (Å²) in [6, 6.07) is 7.78. The van der Waals surface area contributed by atoms with Crippen LogP contribution in [0.4, 0.5) is 11.4 Å². The number of anilines is 2. The van der Waals surface area contributed by atoms with Gasteiger partial charge in [-0.2, -0.15) is 0 Å². The predicted octanol–water partition coefficient (Wildman–Crippen LogP) is 3.61. The summed E-state index contributed by atoms with van der Waals surface area (Å²) >= 11 is 6.18. The minimum absolute atomic E-state index is 0.720. The van der Waals surface area contributed by atoms with Crippen molar-refractivity contribution in [3.63, 3.8) is 0 Å². The Morgan fingerprint density at radius 1 is 1.29 bits per heavy atom. The Bertz CT molecular complexity index is 480. The summed E-state index contributed by atoms with van der Waals surface area (Å²) in [6.07, 6.45) is 3.40.